The highest BCUT2D eigenvalue weighted by Crippen LogP contribution is 2.63. The van der Waals surface area contributed by atoms with Crippen molar-refractivity contribution in [1.82, 2.24) is 0 Å². The minimum absolute atomic E-state index is 0.614. The second kappa shape index (κ2) is 2.89. The van der Waals surface area contributed by atoms with E-state index in [4.69, 9.17) is 11.6 Å². The van der Waals surface area contributed by atoms with E-state index in [1.54, 1.807) is 0 Å². The van der Waals surface area contributed by atoms with Crippen LogP contribution in [-0.2, 0) is 0 Å². The van der Waals surface area contributed by atoms with Crippen molar-refractivity contribution in [1.29, 1.82) is 0 Å². The van der Waals surface area contributed by atoms with Crippen molar-refractivity contribution in [2.24, 2.45) is 23.2 Å². The number of hydrogen-bond donors (Lipinski definition) is 0. The summed E-state index contributed by atoms with van der Waals surface area (Å²) in [5.41, 5.74) is 0.614. The van der Waals surface area contributed by atoms with Crippen molar-refractivity contribution < 1.29 is 0 Å². The molecule has 3 rings (SSSR count). The fourth-order valence-electron chi connectivity index (χ4n) is 4.24. The lowest BCUT2D eigenvalue weighted by molar-refractivity contribution is 0.0454. The molecule has 3 aliphatic rings. The van der Waals surface area contributed by atoms with Crippen LogP contribution >= 0.6 is 11.6 Å². The summed E-state index contributed by atoms with van der Waals surface area (Å²) in [7, 11) is 0. The van der Waals surface area contributed by atoms with Gasteiger partial charge in [0.15, 0.2) is 0 Å². The van der Waals surface area contributed by atoms with Crippen LogP contribution in [0, 0.1) is 23.2 Å². The van der Waals surface area contributed by atoms with E-state index in [-0.39, 0.29) is 0 Å². The topological polar surface area (TPSA) is 0 Å². The largest absolute Gasteiger partial charge is 0.126 e. The summed E-state index contributed by atoms with van der Waals surface area (Å²) < 4.78 is 0. The van der Waals surface area contributed by atoms with Crippen LogP contribution in [-0.4, -0.2) is 5.88 Å². The van der Waals surface area contributed by atoms with Gasteiger partial charge in [0.1, 0.15) is 0 Å². The van der Waals surface area contributed by atoms with E-state index < -0.39 is 0 Å². The molecule has 0 nitrogen and oxygen atoms in total. The first-order valence-electron chi connectivity index (χ1n) is 5.91. The molecular weight excluding hydrogens is 180 g/mol. The number of hydrogen-bond acceptors (Lipinski definition) is 0. The van der Waals surface area contributed by atoms with Gasteiger partial charge < -0.3 is 0 Å². The molecule has 0 N–H and O–H groups in total. The standard InChI is InChI=1S/C12H19Cl/c13-8-12(10-2-1-3-10)7-9-4-5-11(12)6-9/h9-11H,1-8H2. The maximum absolute atomic E-state index is 6.27. The molecule has 0 amide bonds. The van der Waals surface area contributed by atoms with E-state index in [9.17, 15) is 0 Å². The van der Waals surface area contributed by atoms with E-state index in [2.05, 4.69) is 0 Å². The molecule has 0 radical (unpaired) electrons. The Balaban J connectivity index is 1.84. The van der Waals surface area contributed by atoms with Crippen LogP contribution in [0.2, 0.25) is 0 Å². The van der Waals surface area contributed by atoms with Crippen molar-refractivity contribution in [3.63, 3.8) is 0 Å². The van der Waals surface area contributed by atoms with Crippen LogP contribution in [0.15, 0.2) is 0 Å². The zero-order chi connectivity index (χ0) is 8.89. The Labute approximate surface area is 86.0 Å². The van der Waals surface area contributed by atoms with Crippen LogP contribution in [0.25, 0.3) is 0 Å². The van der Waals surface area contributed by atoms with Gasteiger partial charge in [0, 0.05) is 5.88 Å². The zero-order valence-corrected chi connectivity index (χ0v) is 9.02. The van der Waals surface area contributed by atoms with E-state index in [1.807, 2.05) is 0 Å². The molecule has 0 aromatic carbocycles. The van der Waals surface area contributed by atoms with E-state index >= 15 is 0 Å². The third kappa shape index (κ3) is 1.04. The van der Waals surface area contributed by atoms with Gasteiger partial charge in [0.2, 0.25) is 0 Å². The molecule has 3 aliphatic carbocycles. The molecule has 0 aromatic heterocycles. The Morgan fingerprint density at radius 2 is 1.92 bits per heavy atom. The van der Waals surface area contributed by atoms with Gasteiger partial charge in [-0.25, -0.2) is 0 Å². The third-order valence-electron chi connectivity index (χ3n) is 5.19. The van der Waals surface area contributed by atoms with Crippen LogP contribution < -0.4 is 0 Å². The van der Waals surface area contributed by atoms with Gasteiger partial charge in [-0.2, -0.15) is 0 Å². The molecule has 3 atom stereocenters. The SMILES string of the molecule is ClCC1(C2CCC2)CC2CCC1C2. The Bertz CT molecular complexity index is 209. The van der Waals surface area contributed by atoms with Crippen molar-refractivity contribution in [2.45, 2.75) is 44.9 Å². The van der Waals surface area contributed by atoms with Gasteiger partial charge in [0.25, 0.3) is 0 Å². The number of fused-ring (bicyclic) bond motifs is 2. The lowest BCUT2D eigenvalue weighted by Crippen LogP contribution is -2.41. The van der Waals surface area contributed by atoms with E-state index in [0.717, 1.165) is 23.6 Å². The molecule has 3 saturated carbocycles. The highest BCUT2D eigenvalue weighted by atomic mass is 35.5. The Morgan fingerprint density at radius 1 is 1.08 bits per heavy atom. The Morgan fingerprint density at radius 3 is 2.31 bits per heavy atom. The predicted octanol–water partition coefficient (Wildman–Crippen LogP) is 3.83. The quantitative estimate of drug-likeness (QED) is 0.592. The number of halogens is 1. The summed E-state index contributed by atoms with van der Waals surface area (Å²) in [6, 6.07) is 0. The second-order valence-electron chi connectivity index (χ2n) is 5.57. The summed E-state index contributed by atoms with van der Waals surface area (Å²) in [5, 5.41) is 0. The third-order valence-corrected chi connectivity index (χ3v) is 5.69. The molecule has 2 bridgehead atoms. The predicted molar refractivity (Wildman–Crippen MR) is 55.9 cm³/mol. The molecule has 1 heteroatoms. The molecular formula is C12H19Cl. The molecule has 0 spiro atoms. The summed E-state index contributed by atoms with van der Waals surface area (Å²) in [6.45, 7) is 0. The smallest absolute Gasteiger partial charge is 0.0285 e. The van der Waals surface area contributed by atoms with Crippen LogP contribution in [0.4, 0.5) is 0 Å². The maximum Gasteiger partial charge on any atom is 0.0285 e. The average Bonchev–Trinajstić information content (AvgIpc) is 2.60. The molecule has 74 valence electrons. The molecule has 0 aromatic rings. The van der Waals surface area contributed by atoms with Crippen LogP contribution in [0.3, 0.4) is 0 Å². The van der Waals surface area contributed by atoms with Gasteiger partial charge in [0.05, 0.1) is 0 Å². The lowest BCUT2D eigenvalue weighted by atomic mass is 9.59. The minimum Gasteiger partial charge on any atom is -0.126 e. The summed E-state index contributed by atoms with van der Waals surface area (Å²) in [6.07, 6.45) is 10.4. The summed E-state index contributed by atoms with van der Waals surface area (Å²) >= 11 is 6.27. The fraction of sp³-hybridized carbons (Fsp3) is 1.00. The molecule has 0 aliphatic heterocycles. The first-order chi connectivity index (χ1) is 6.35. The second-order valence-corrected chi connectivity index (χ2v) is 5.84. The van der Waals surface area contributed by atoms with Gasteiger partial charge in [-0.3, -0.25) is 0 Å². The van der Waals surface area contributed by atoms with E-state index in [1.165, 1.54) is 44.9 Å². The first-order valence-corrected chi connectivity index (χ1v) is 6.44. The number of rotatable bonds is 2. The molecule has 3 fully saturated rings. The van der Waals surface area contributed by atoms with Gasteiger partial charge in [-0.15, -0.1) is 11.6 Å². The monoisotopic (exact) mass is 198 g/mol. The highest BCUT2D eigenvalue weighted by Gasteiger charge is 2.55. The summed E-state index contributed by atoms with van der Waals surface area (Å²) in [4.78, 5) is 0. The van der Waals surface area contributed by atoms with Crippen molar-refractivity contribution >= 4 is 11.6 Å². The van der Waals surface area contributed by atoms with Gasteiger partial charge in [-0.1, -0.05) is 12.8 Å². The van der Waals surface area contributed by atoms with Gasteiger partial charge >= 0.3 is 0 Å². The van der Waals surface area contributed by atoms with Gasteiger partial charge in [-0.05, 0) is 55.3 Å². The molecule has 0 heterocycles. The normalized spacial score (nSPS) is 49.6. The Kier molecular flexibility index (Phi) is 1.91. The van der Waals surface area contributed by atoms with E-state index in [0.29, 0.717) is 5.41 Å². The van der Waals surface area contributed by atoms with Crippen molar-refractivity contribution in [3.8, 4) is 0 Å². The first kappa shape index (κ1) is 8.59. The minimum atomic E-state index is 0.614. The zero-order valence-electron chi connectivity index (χ0n) is 8.27. The van der Waals surface area contributed by atoms with Crippen molar-refractivity contribution in [3.05, 3.63) is 0 Å². The lowest BCUT2D eigenvalue weighted by Gasteiger charge is -2.47. The fourth-order valence-corrected chi connectivity index (χ4v) is 4.79. The van der Waals surface area contributed by atoms with Crippen molar-refractivity contribution in [2.75, 3.05) is 5.88 Å². The molecule has 0 saturated heterocycles. The number of alkyl halides is 1. The van der Waals surface area contributed by atoms with Crippen LogP contribution in [0.5, 0.6) is 0 Å². The van der Waals surface area contributed by atoms with Crippen LogP contribution in [0.1, 0.15) is 44.9 Å². The molecule has 13 heavy (non-hydrogen) atoms. The highest BCUT2D eigenvalue weighted by molar-refractivity contribution is 6.18. The Hall–Kier alpha value is 0.290. The maximum atomic E-state index is 6.27. The molecule has 3 unspecified atom stereocenters. The summed E-state index contributed by atoms with van der Waals surface area (Å²) in [5.74, 6) is 4.05. The average molecular weight is 199 g/mol.